The fraction of sp³-hybridized carbons (Fsp3) is 0.235. The van der Waals surface area contributed by atoms with Crippen molar-refractivity contribution in [3.63, 3.8) is 0 Å². The summed E-state index contributed by atoms with van der Waals surface area (Å²) >= 11 is 0. The van der Waals surface area contributed by atoms with E-state index < -0.39 is 10.0 Å². The molecule has 2 aromatic rings. The van der Waals surface area contributed by atoms with Gasteiger partial charge in [0.2, 0.25) is 10.0 Å². The van der Waals surface area contributed by atoms with Crippen LogP contribution in [0.5, 0.6) is 0 Å². The summed E-state index contributed by atoms with van der Waals surface area (Å²) in [7, 11) is -3.57. The predicted molar refractivity (Wildman–Crippen MR) is 89.7 cm³/mol. The third kappa shape index (κ3) is 4.91. The second-order valence-corrected chi connectivity index (χ2v) is 7.17. The molecule has 1 atom stereocenters. The van der Waals surface area contributed by atoms with Crippen molar-refractivity contribution in [1.29, 1.82) is 0 Å². The molecule has 6 heteroatoms. The normalized spacial score (nSPS) is 12.6. The highest BCUT2D eigenvalue weighted by molar-refractivity contribution is 7.89. The summed E-state index contributed by atoms with van der Waals surface area (Å²) < 4.78 is 26.9. The Morgan fingerprint density at radius 3 is 2.26 bits per heavy atom. The summed E-state index contributed by atoms with van der Waals surface area (Å²) in [6.45, 7) is 3.76. The van der Waals surface area contributed by atoms with Crippen LogP contribution in [0, 0.1) is 6.92 Å². The second-order valence-electron chi connectivity index (χ2n) is 5.41. The number of carbonyl (C=O) groups excluding carboxylic acids is 1. The molecule has 0 fully saturated rings. The summed E-state index contributed by atoms with van der Waals surface area (Å²) in [6, 6.07) is 15.1. The number of rotatable bonds is 6. The first-order chi connectivity index (χ1) is 10.9. The van der Waals surface area contributed by atoms with Gasteiger partial charge in [0.1, 0.15) is 0 Å². The molecule has 0 aliphatic heterocycles. The lowest BCUT2D eigenvalue weighted by Gasteiger charge is -2.15. The first-order valence-electron chi connectivity index (χ1n) is 7.31. The van der Waals surface area contributed by atoms with E-state index in [1.165, 1.54) is 0 Å². The van der Waals surface area contributed by atoms with Crippen molar-refractivity contribution in [2.45, 2.75) is 24.8 Å². The summed E-state index contributed by atoms with van der Waals surface area (Å²) in [5.74, 6) is -0.229. The van der Waals surface area contributed by atoms with Crippen LogP contribution in [0.2, 0.25) is 0 Å². The number of carbonyl (C=O) groups is 1. The van der Waals surface area contributed by atoms with Crippen LogP contribution in [0.3, 0.4) is 0 Å². The van der Waals surface area contributed by atoms with Gasteiger partial charge in [0, 0.05) is 18.2 Å². The Morgan fingerprint density at radius 1 is 1.04 bits per heavy atom. The Kier molecular flexibility index (Phi) is 5.52. The summed E-state index contributed by atoms with van der Waals surface area (Å²) in [5, 5.41) is 2.76. The molecule has 1 amide bonds. The van der Waals surface area contributed by atoms with Gasteiger partial charge in [0.25, 0.3) is 5.91 Å². The first-order valence-corrected chi connectivity index (χ1v) is 8.79. The van der Waals surface area contributed by atoms with E-state index in [2.05, 4.69) is 10.0 Å². The molecule has 0 saturated carbocycles. The third-order valence-electron chi connectivity index (χ3n) is 3.32. The second kappa shape index (κ2) is 7.39. The molecule has 0 saturated heterocycles. The average Bonchev–Trinajstić information content (AvgIpc) is 2.54. The Bertz CT molecular complexity index is 756. The Balaban J connectivity index is 1.92. The third-order valence-corrected chi connectivity index (χ3v) is 4.76. The lowest BCUT2D eigenvalue weighted by atomic mass is 10.2. The number of hydrogen-bond donors (Lipinski definition) is 2. The molecule has 0 heterocycles. The van der Waals surface area contributed by atoms with Gasteiger partial charge in [0.05, 0.1) is 4.90 Å². The van der Waals surface area contributed by atoms with E-state index in [1.807, 2.05) is 13.0 Å². The molecule has 2 aromatic carbocycles. The number of amides is 1. The van der Waals surface area contributed by atoms with Crippen molar-refractivity contribution >= 4 is 15.9 Å². The van der Waals surface area contributed by atoms with Crippen molar-refractivity contribution < 1.29 is 13.2 Å². The molecule has 0 aliphatic rings. The molecule has 0 spiro atoms. The Hall–Kier alpha value is -2.18. The zero-order chi connectivity index (χ0) is 16.9. The van der Waals surface area contributed by atoms with E-state index in [0.717, 1.165) is 5.56 Å². The van der Waals surface area contributed by atoms with Crippen molar-refractivity contribution in [2.24, 2.45) is 0 Å². The van der Waals surface area contributed by atoms with Crippen LogP contribution >= 0.6 is 0 Å². The molecule has 0 aliphatic carbocycles. The standard InChI is InChI=1S/C17H20N2O3S/c1-13-8-10-16(11-9-13)23(21,22)18-12-14(2)19-17(20)15-6-4-3-5-7-15/h3-11,14,18H,12H2,1-2H3,(H,19,20). The van der Waals surface area contributed by atoms with Crippen LogP contribution < -0.4 is 10.0 Å². The van der Waals surface area contributed by atoms with Gasteiger partial charge in [-0.1, -0.05) is 35.9 Å². The highest BCUT2D eigenvalue weighted by Gasteiger charge is 2.16. The maximum Gasteiger partial charge on any atom is 0.251 e. The van der Waals surface area contributed by atoms with Crippen LogP contribution in [0.15, 0.2) is 59.5 Å². The number of aryl methyl sites for hydroxylation is 1. The van der Waals surface area contributed by atoms with Gasteiger partial charge in [-0.15, -0.1) is 0 Å². The molecule has 0 bridgehead atoms. The summed E-state index contributed by atoms with van der Waals surface area (Å²) in [6.07, 6.45) is 0. The molecular formula is C17H20N2O3S. The topological polar surface area (TPSA) is 75.3 Å². The van der Waals surface area contributed by atoms with Crippen LogP contribution in [-0.2, 0) is 10.0 Å². The van der Waals surface area contributed by atoms with E-state index in [1.54, 1.807) is 55.5 Å². The highest BCUT2D eigenvalue weighted by Crippen LogP contribution is 2.09. The van der Waals surface area contributed by atoms with Gasteiger partial charge in [-0.05, 0) is 38.1 Å². The molecule has 0 radical (unpaired) electrons. The van der Waals surface area contributed by atoms with E-state index in [9.17, 15) is 13.2 Å². The largest absolute Gasteiger partial charge is 0.348 e. The van der Waals surface area contributed by atoms with Gasteiger partial charge < -0.3 is 5.32 Å². The highest BCUT2D eigenvalue weighted by atomic mass is 32.2. The minimum atomic E-state index is -3.57. The van der Waals surface area contributed by atoms with Crippen LogP contribution in [0.1, 0.15) is 22.8 Å². The van der Waals surface area contributed by atoms with Crippen molar-refractivity contribution in [1.82, 2.24) is 10.0 Å². The molecule has 122 valence electrons. The fourth-order valence-electron chi connectivity index (χ4n) is 1.98. The van der Waals surface area contributed by atoms with Gasteiger partial charge in [-0.3, -0.25) is 4.79 Å². The maximum absolute atomic E-state index is 12.2. The number of sulfonamides is 1. The minimum absolute atomic E-state index is 0.120. The summed E-state index contributed by atoms with van der Waals surface area (Å²) in [5.41, 5.74) is 1.54. The fourth-order valence-corrected chi connectivity index (χ4v) is 3.11. The average molecular weight is 332 g/mol. The first kappa shape index (κ1) is 17.2. The predicted octanol–water partition coefficient (Wildman–Crippen LogP) is 2.09. The van der Waals surface area contributed by atoms with E-state index >= 15 is 0 Å². The van der Waals surface area contributed by atoms with Gasteiger partial charge in [-0.25, -0.2) is 13.1 Å². The van der Waals surface area contributed by atoms with Crippen molar-refractivity contribution in [3.8, 4) is 0 Å². The Labute approximate surface area is 136 Å². The zero-order valence-electron chi connectivity index (χ0n) is 13.1. The minimum Gasteiger partial charge on any atom is -0.348 e. The van der Waals surface area contributed by atoms with Crippen molar-refractivity contribution in [2.75, 3.05) is 6.54 Å². The molecular weight excluding hydrogens is 312 g/mol. The number of benzene rings is 2. The molecule has 23 heavy (non-hydrogen) atoms. The van der Waals surface area contributed by atoms with Crippen LogP contribution in [-0.4, -0.2) is 26.9 Å². The van der Waals surface area contributed by atoms with E-state index in [-0.39, 0.29) is 23.4 Å². The van der Waals surface area contributed by atoms with Crippen LogP contribution in [0.4, 0.5) is 0 Å². The molecule has 2 N–H and O–H groups in total. The van der Waals surface area contributed by atoms with Gasteiger partial charge in [-0.2, -0.15) is 0 Å². The lowest BCUT2D eigenvalue weighted by Crippen LogP contribution is -2.41. The van der Waals surface area contributed by atoms with Crippen LogP contribution in [0.25, 0.3) is 0 Å². The number of nitrogens with one attached hydrogen (secondary N) is 2. The molecule has 0 aromatic heterocycles. The SMILES string of the molecule is Cc1ccc(S(=O)(=O)NCC(C)NC(=O)c2ccccc2)cc1. The molecule has 5 nitrogen and oxygen atoms in total. The lowest BCUT2D eigenvalue weighted by molar-refractivity contribution is 0.0940. The van der Waals surface area contributed by atoms with Gasteiger partial charge >= 0.3 is 0 Å². The van der Waals surface area contributed by atoms with E-state index in [4.69, 9.17) is 0 Å². The van der Waals surface area contributed by atoms with Gasteiger partial charge in [0.15, 0.2) is 0 Å². The smallest absolute Gasteiger partial charge is 0.251 e. The molecule has 1 unspecified atom stereocenters. The monoisotopic (exact) mass is 332 g/mol. The summed E-state index contributed by atoms with van der Waals surface area (Å²) in [4.78, 5) is 12.2. The molecule has 2 rings (SSSR count). The number of hydrogen-bond acceptors (Lipinski definition) is 3. The van der Waals surface area contributed by atoms with Crippen molar-refractivity contribution in [3.05, 3.63) is 65.7 Å². The Morgan fingerprint density at radius 2 is 1.65 bits per heavy atom. The van der Waals surface area contributed by atoms with E-state index in [0.29, 0.717) is 5.56 Å². The zero-order valence-corrected chi connectivity index (χ0v) is 13.9. The quantitative estimate of drug-likeness (QED) is 0.850. The maximum atomic E-state index is 12.2.